The molecule has 0 aliphatic rings. The van der Waals surface area contributed by atoms with Gasteiger partial charge in [-0.05, 0) is 50.6 Å². The van der Waals surface area contributed by atoms with Crippen molar-refractivity contribution >= 4 is 21.6 Å². The summed E-state index contributed by atoms with van der Waals surface area (Å²) in [5.74, 6) is 1.27. The van der Waals surface area contributed by atoms with Gasteiger partial charge in [0, 0.05) is 12.6 Å². The van der Waals surface area contributed by atoms with E-state index in [1.165, 1.54) is 0 Å². The summed E-state index contributed by atoms with van der Waals surface area (Å²) < 4.78 is 42.1. The van der Waals surface area contributed by atoms with Crippen LogP contribution in [0.2, 0.25) is 0 Å². The van der Waals surface area contributed by atoms with Crippen molar-refractivity contribution in [1.82, 2.24) is 5.32 Å². The second-order valence-corrected chi connectivity index (χ2v) is 9.04. The largest absolute Gasteiger partial charge is 0.494 e. The van der Waals surface area contributed by atoms with Crippen LogP contribution in [0.25, 0.3) is 0 Å². The molecule has 0 fully saturated rings. The highest BCUT2D eigenvalue weighted by Crippen LogP contribution is 2.29. The van der Waals surface area contributed by atoms with Gasteiger partial charge in [0.2, 0.25) is 15.9 Å². The van der Waals surface area contributed by atoms with Gasteiger partial charge in [-0.2, -0.15) is 0 Å². The molecule has 0 spiro atoms. The smallest absolute Gasteiger partial charge is 0.241 e. The van der Waals surface area contributed by atoms with Gasteiger partial charge in [-0.25, -0.2) is 8.42 Å². The summed E-state index contributed by atoms with van der Waals surface area (Å²) in [6, 6.07) is 12.0. The van der Waals surface area contributed by atoms with Gasteiger partial charge in [0.05, 0.1) is 31.8 Å². The number of carbonyl (C=O) groups is 1. The van der Waals surface area contributed by atoms with E-state index in [2.05, 4.69) is 5.32 Å². The summed E-state index contributed by atoms with van der Waals surface area (Å²) in [5.41, 5.74) is 1.16. The molecular formula is C22H30N2O6S. The van der Waals surface area contributed by atoms with Crippen molar-refractivity contribution in [1.29, 1.82) is 0 Å². The minimum Gasteiger partial charge on any atom is -0.494 e. The monoisotopic (exact) mass is 450 g/mol. The van der Waals surface area contributed by atoms with Crippen molar-refractivity contribution in [2.45, 2.75) is 33.4 Å². The molecule has 2 aromatic rings. The van der Waals surface area contributed by atoms with Crippen LogP contribution in [0.4, 0.5) is 5.69 Å². The van der Waals surface area contributed by atoms with Crippen LogP contribution in [-0.4, -0.2) is 46.9 Å². The number of ether oxygens (including phenoxy) is 3. The Kier molecular flexibility index (Phi) is 8.56. The van der Waals surface area contributed by atoms with Crippen molar-refractivity contribution in [3.8, 4) is 17.2 Å². The molecule has 31 heavy (non-hydrogen) atoms. The van der Waals surface area contributed by atoms with Crippen LogP contribution in [0.15, 0.2) is 42.5 Å². The van der Waals surface area contributed by atoms with Crippen molar-refractivity contribution in [2.24, 2.45) is 0 Å². The third-order valence-electron chi connectivity index (χ3n) is 4.18. The van der Waals surface area contributed by atoms with E-state index in [0.717, 1.165) is 16.1 Å². The number of hydrogen-bond acceptors (Lipinski definition) is 6. The number of anilines is 1. The van der Waals surface area contributed by atoms with Crippen LogP contribution in [0.1, 0.15) is 26.3 Å². The number of sulfonamides is 1. The number of benzene rings is 2. The van der Waals surface area contributed by atoms with E-state index in [-0.39, 0.29) is 19.2 Å². The Morgan fingerprint density at radius 1 is 1.13 bits per heavy atom. The first-order valence-electron chi connectivity index (χ1n) is 9.94. The second-order valence-electron chi connectivity index (χ2n) is 7.13. The van der Waals surface area contributed by atoms with Gasteiger partial charge in [0.25, 0.3) is 0 Å². The molecule has 1 N–H and O–H groups in total. The van der Waals surface area contributed by atoms with Gasteiger partial charge in [0.1, 0.15) is 12.3 Å². The van der Waals surface area contributed by atoms with Gasteiger partial charge in [-0.3, -0.25) is 9.10 Å². The lowest BCUT2D eigenvalue weighted by Gasteiger charge is -2.22. The first-order chi connectivity index (χ1) is 14.6. The molecule has 2 aromatic carbocycles. The number of hydrogen-bond donors (Lipinski definition) is 1. The molecule has 0 heterocycles. The summed E-state index contributed by atoms with van der Waals surface area (Å²) in [5, 5.41) is 2.75. The first kappa shape index (κ1) is 24.3. The predicted molar refractivity (Wildman–Crippen MR) is 120 cm³/mol. The highest BCUT2D eigenvalue weighted by molar-refractivity contribution is 7.92. The Morgan fingerprint density at radius 2 is 1.87 bits per heavy atom. The molecule has 9 heteroatoms. The Balaban J connectivity index is 2.09. The molecule has 0 atom stereocenters. The molecule has 0 bridgehead atoms. The maximum absolute atomic E-state index is 12.5. The molecule has 2 rings (SSSR count). The Bertz CT molecular complexity index is 991. The van der Waals surface area contributed by atoms with E-state index in [9.17, 15) is 13.2 Å². The van der Waals surface area contributed by atoms with Crippen LogP contribution in [0.5, 0.6) is 17.2 Å². The molecule has 170 valence electrons. The summed E-state index contributed by atoms with van der Waals surface area (Å²) in [6.07, 6.45) is 1.06. The van der Waals surface area contributed by atoms with E-state index in [0.29, 0.717) is 29.5 Å². The molecule has 0 saturated heterocycles. The van der Waals surface area contributed by atoms with Crippen molar-refractivity contribution in [2.75, 3.05) is 30.8 Å². The fourth-order valence-electron chi connectivity index (χ4n) is 2.86. The molecule has 0 aromatic heterocycles. The zero-order chi connectivity index (χ0) is 23.0. The zero-order valence-corrected chi connectivity index (χ0v) is 19.4. The third-order valence-corrected chi connectivity index (χ3v) is 5.33. The molecule has 0 unspecified atom stereocenters. The van der Waals surface area contributed by atoms with Crippen LogP contribution >= 0.6 is 0 Å². The maximum Gasteiger partial charge on any atom is 0.241 e. The highest BCUT2D eigenvalue weighted by Gasteiger charge is 2.21. The van der Waals surface area contributed by atoms with Crippen molar-refractivity contribution < 1.29 is 27.4 Å². The lowest BCUT2D eigenvalue weighted by atomic mass is 10.2. The standard InChI is InChI=1S/C22H30N2O6S/c1-6-29-19-9-7-8-18(13-19)24(31(5,26)27)15-22(25)23-14-17-10-11-20(30-16(2)3)21(12-17)28-4/h7-13,16H,6,14-15H2,1-5H3,(H,23,25). The maximum atomic E-state index is 12.5. The normalized spacial score (nSPS) is 11.2. The van der Waals surface area contributed by atoms with Gasteiger partial charge in [-0.1, -0.05) is 12.1 Å². The summed E-state index contributed by atoms with van der Waals surface area (Å²) in [7, 11) is -2.13. The Morgan fingerprint density at radius 3 is 2.48 bits per heavy atom. The third kappa shape index (κ3) is 7.36. The zero-order valence-electron chi connectivity index (χ0n) is 18.5. The SMILES string of the molecule is CCOc1cccc(N(CC(=O)NCc2ccc(OC(C)C)c(OC)c2)S(C)(=O)=O)c1. The van der Waals surface area contributed by atoms with E-state index in [4.69, 9.17) is 14.2 Å². The van der Waals surface area contributed by atoms with E-state index >= 15 is 0 Å². The highest BCUT2D eigenvalue weighted by atomic mass is 32.2. The van der Waals surface area contributed by atoms with E-state index < -0.39 is 15.9 Å². The van der Waals surface area contributed by atoms with Gasteiger partial charge >= 0.3 is 0 Å². The Labute approximate surface area is 184 Å². The van der Waals surface area contributed by atoms with Gasteiger partial charge < -0.3 is 19.5 Å². The fraction of sp³-hybridized carbons (Fsp3) is 0.409. The molecule has 8 nitrogen and oxygen atoms in total. The quantitative estimate of drug-likeness (QED) is 0.566. The molecule has 1 amide bonds. The molecule has 0 aliphatic carbocycles. The molecule has 0 radical (unpaired) electrons. The second kappa shape index (κ2) is 10.9. The number of methoxy groups -OCH3 is 1. The summed E-state index contributed by atoms with van der Waals surface area (Å²) in [6.45, 7) is 6.00. The van der Waals surface area contributed by atoms with Crippen LogP contribution in [0, 0.1) is 0 Å². The number of amides is 1. The minimum atomic E-state index is -3.68. The first-order valence-corrected chi connectivity index (χ1v) is 11.8. The minimum absolute atomic E-state index is 0.00246. The summed E-state index contributed by atoms with van der Waals surface area (Å²) in [4.78, 5) is 12.5. The lowest BCUT2D eigenvalue weighted by molar-refractivity contribution is -0.119. The lowest BCUT2D eigenvalue weighted by Crippen LogP contribution is -2.40. The van der Waals surface area contributed by atoms with E-state index in [1.54, 1.807) is 43.5 Å². The van der Waals surface area contributed by atoms with Crippen molar-refractivity contribution in [3.05, 3.63) is 48.0 Å². The topological polar surface area (TPSA) is 94.2 Å². The number of rotatable bonds is 11. The van der Waals surface area contributed by atoms with E-state index in [1.807, 2.05) is 26.8 Å². The molecule has 0 saturated carbocycles. The predicted octanol–water partition coefficient (Wildman–Crippen LogP) is 2.96. The molecule has 0 aliphatic heterocycles. The van der Waals surface area contributed by atoms with Crippen LogP contribution in [0.3, 0.4) is 0 Å². The Hall–Kier alpha value is -2.94. The molecular weight excluding hydrogens is 420 g/mol. The fourth-order valence-corrected chi connectivity index (χ4v) is 3.70. The number of carbonyl (C=O) groups excluding carboxylic acids is 1. The van der Waals surface area contributed by atoms with Crippen LogP contribution < -0.4 is 23.8 Å². The summed E-state index contributed by atoms with van der Waals surface area (Å²) >= 11 is 0. The van der Waals surface area contributed by atoms with Gasteiger partial charge in [-0.15, -0.1) is 0 Å². The number of nitrogens with one attached hydrogen (secondary N) is 1. The van der Waals surface area contributed by atoms with Crippen LogP contribution in [-0.2, 0) is 21.4 Å². The average molecular weight is 451 g/mol. The number of nitrogens with zero attached hydrogens (tertiary/aromatic N) is 1. The average Bonchev–Trinajstić information content (AvgIpc) is 2.70. The van der Waals surface area contributed by atoms with Gasteiger partial charge in [0.15, 0.2) is 11.5 Å². The van der Waals surface area contributed by atoms with Crippen molar-refractivity contribution in [3.63, 3.8) is 0 Å².